The van der Waals surface area contributed by atoms with Gasteiger partial charge in [0.2, 0.25) is 9.84 Å². The summed E-state index contributed by atoms with van der Waals surface area (Å²) in [4.78, 5) is 0.668. The third kappa shape index (κ3) is 4.26. The van der Waals surface area contributed by atoms with Gasteiger partial charge in [-0.05, 0) is 34.6 Å². The van der Waals surface area contributed by atoms with Crippen molar-refractivity contribution in [1.29, 1.82) is 0 Å². The third-order valence-corrected chi connectivity index (χ3v) is 6.69. The highest BCUT2D eigenvalue weighted by Crippen LogP contribution is 2.41. The minimum Gasteiger partial charge on any atom is -0.490 e. The Morgan fingerprint density at radius 2 is 1.54 bits per heavy atom. The average Bonchev–Trinajstić information content (AvgIpc) is 3.42. The Balaban J connectivity index is 2.19. The first-order valence-corrected chi connectivity index (χ1v) is 11.1. The minimum absolute atomic E-state index is 0.106. The summed E-state index contributed by atoms with van der Waals surface area (Å²) in [6, 6.07) is 12.6. The van der Waals surface area contributed by atoms with E-state index in [-0.39, 0.29) is 11.5 Å². The van der Waals surface area contributed by atoms with Crippen LogP contribution in [0.4, 0.5) is 0 Å². The molecule has 2 aromatic carbocycles. The van der Waals surface area contributed by atoms with Gasteiger partial charge in [-0.25, -0.2) is 8.42 Å². The Hall–Kier alpha value is -1.85. The topological polar surface area (TPSA) is 55.9 Å². The van der Waals surface area contributed by atoms with E-state index in [1.807, 2.05) is 59.7 Å². The Labute approximate surface area is 168 Å². The first-order chi connectivity index (χ1) is 12.9. The van der Waals surface area contributed by atoms with Crippen LogP contribution in [0.15, 0.2) is 52.3 Å². The molecule has 0 radical (unpaired) electrons. The molecule has 0 aliphatic carbocycles. The molecular weight excluding hydrogens is 372 g/mol. The summed E-state index contributed by atoms with van der Waals surface area (Å²) < 4.78 is 38.8. The van der Waals surface area contributed by atoms with Crippen molar-refractivity contribution in [1.82, 2.24) is 0 Å². The molecule has 5 heteroatoms. The van der Waals surface area contributed by atoms with Gasteiger partial charge in [0.1, 0.15) is 18.5 Å². The van der Waals surface area contributed by atoms with Crippen molar-refractivity contribution in [3.63, 3.8) is 0 Å². The van der Waals surface area contributed by atoms with Gasteiger partial charge in [-0.2, -0.15) is 0 Å². The molecule has 0 spiro atoms. The van der Waals surface area contributed by atoms with Gasteiger partial charge < -0.3 is 9.47 Å². The lowest BCUT2D eigenvalue weighted by atomic mass is 9.86. The highest BCUT2D eigenvalue weighted by atomic mass is 32.2. The van der Waals surface area contributed by atoms with E-state index in [1.54, 1.807) is 24.3 Å². The summed E-state index contributed by atoms with van der Waals surface area (Å²) in [6.45, 7) is 13.3. The zero-order valence-electron chi connectivity index (χ0n) is 17.6. The van der Waals surface area contributed by atoms with Crippen LogP contribution in [-0.4, -0.2) is 27.7 Å². The fourth-order valence-corrected chi connectivity index (χ4v) is 5.47. The van der Waals surface area contributed by atoms with Gasteiger partial charge in [0.15, 0.2) is 0 Å². The first-order valence-electron chi connectivity index (χ1n) is 9.65. The molecule has 1 atom stereocenters. The molecule has 0 saturated carbocycles. The molecule has 28 heavy (non-hydrogen) atoms. The second-order valence-corrected chi connectivity index (χ2v) is 11.3. The summed E-state index contributed by atoms with van der Waals surface area (Å²) >= 11 is 0. The van der Waals surface area contributed by atoms with Gasteiger partial charge in [-0.15, -0.1) is 0 Å². The van der Waals surface area contributed by atoms with Crippen molar-refractivity contribution >= 4 is 9.84 Å². The Kier molecular flexibility index (Phi) is 5.36. The van der Waals surface area contributed by atoms with Crippen LogP contribution in [0.3, 0.4) is 0 Å². The number of benzene rings is 2. The maximum absolute atomic E-state index is 13.8. The molecule has 0 N–H and O–H groups in total. The second kappa shape index (κ2) is 7.20. The van der Waals surface area contributed by atoms with Crippen molar-refractivity contribution < 1.29 is 17.9 Å². The van der Waals surface area contributed by atoms with Crippen LogP contribution in [0, 0.1) is 0 Å². The lowest BCUT2D eigenvalue weighted by Gasteiger charge is -2.27. The summed E-state index contributed by atoms with van der Waals surface area (Å²) in [7, 11) is -3.72. The average molecular weight is 403 g/mol. The summed E-state index contributed by atoms with van der Waals surface area (Å²) in [5.74, 6) is 0.609. The van der Waals surface area contributed by atoms with Crippen molar-refractivity contribution in [3.8, 4) is 5.75 Å². The number of rotatable bonds is 5. The molecule has 1 unspecified atom stereocenters. The predicted molar refractivity (Wildman–Crippen MR) is 111 cm³/mol. The maximum atomic E-state index is 13.8. The molecule has 2 aromatic rings. The molecule has 0 amide bonds. The van der Waals surface area contributed by atoms with Gasteiger partial charge in [0, 0.05) is 5.56 Å². The van der Waals surface area contributed by atoms with Crippen LogP contribution in [-0.2, 0) is 25.4 Å². The quantitative estimate of drug-likeness (QED) is 0.668. The number of hydrogen-bond acceptors (Lipinski definition) is 4. The predicted octanol–water partition coefficient (Wildman–Crippen LogP) is 4.89. The Bertz CT molecular complexity index is 959. The van der Waals surface area contributed by atoms with E-state index in [0.717, 1.165) is 5.56 Å². The molecule has 1 fully saturated rings. The molecule has 0 aromatic heterocycles. The molecule has 3 rings (SSSR count). The van der Waals surface area contributed by atoms with E-state index < -0.39 is 15.3 Å². The molecule has 4 nitrogen and oxygen atoms in total. The van der Waals surface area contributed by atoms with E-state index in [9.17, 15) is 8.42 Å². The standard InChI is InChI=1S/C23H30O4S/c1-22(2,3)17-10-7-8-12-19(17)28(24,25)20-13-9-11-18(21(20)23(4,5)6)27-15-16-14-26-16/h7-13,16H,14-15H2,1-6H3. The van der Waals surface area contributed by atoms with Crippen molar-refractivity contribution in [2.45, 2.75) is 68.3 Å². The van der Waals surface area contributed by atoms with Gasteiger partial charge >= 0.3 is 0 Å². The molecule has 1 saturated heterocycles. The summed E-state index contributed by atoms with van der Waals surface area (Å²) in [6.07, 6.45) is 0.106. The highest BCUT2D eigenvalue weighted by Gasteiger charge is 2.34. The number of hydrogen-bond donors (Lipinski definition) is 0. The Morgan fingerprint density at radius 3 is 2.11 bits per heavy atom. The van der Waals surface area contributed by atoms with Gasteiger partial charge in [-0.3, -0.25) is 0 Å². The zero-order chi connectivity index (χ0) is 20.7. The largest absolute Gasteiger partial charge is 0.490 e. The molecular formula is C23H30O4S. The summed E-state index contributed by atoms with van der Waals surface area (Å²) in [5, 5.41) is 0. The molecule has 1 aliphatic heterocycles. The summed E-state index contributed by atoms with van der Waals surface area (Å²) in [5.41, 5.74) is 0.829. The fraction of sp³-hybridized carbons (Fsp3) is 0.478. The number of sulfone groups is 1. The normalized spacial score (nSPS) is 17.4. The number of epoxide rings is 1. The maximum Gasteiger partial charge on any atom is 0.207 e. The smallest absolute Gasteiger partial charge is 0.207 e. The van der Waals surface area contributed by atoms with Crippen LogP contribution < -0.4 is 4.74 Å². The first kappa shape index (κ1) is 20.9. The zero-order valence-corrected chi connectivity index (χ0v) is 18.4. The van der Waals surface area contributed by atoms with Gasteiger partial charge in [-0.1, -0.05) is 65.8 Å². The third-order valence-electron chi connectivity index (χ3n) is 4.84. The number of ether oxygens (including phenoxy) is 2. The second-order valence-electron chi connectivity index (χ2n) is 9.40. The van der Waals surface area contributed by atoms with Crippen LogP contribution in [0.25, 0.3) is 0 Å². The van der Waals surface area contributed by atoms with Gasteiger partial charge in [0.05, 0.1) is 16.4 Å². The van der Waals surface area contributed by atoms with Crippen LogP contribution >= 0.6 is 0 Å². The van der Waals surface area contributed by atoms with Crippen molar-refractivity contribution in [3.05, 3.63) is 53.6 Å². The van der Waals surface area contributed by atoms with E-state index in [0.29, 0.717) is 34.3 Å². The van der Waals surface area contributed by atoms with Crippen LogP contribution in [0.1, 0.15) is 52.7 Å². The van der Waals surface area contributed by atoms with Crippen LogP contribution in [0.5, 0.6) is 5.75 Å². The monoisotopic (exact) mass is 402 g/mol. The Morgan fingerprint density at radius 1 is 0.929 bits per heavy atom. The van der Waals surface area contributed by atoms with E-state index in [4.69, 9.17) is 9.47 Å². The van der Waals surface area contributed by atoms with E-state index in [2.05, 4.69) is 0 Å². The van der Waals surface area contributed by atoms with Crippen molar-refractivity contribution in [2.24, 2.45) is 0 Å². The highest BCUT2D eigenvalue weighted by molar-refractivity contribution is 7.91. The lowest BCUT2D eigenvalue weighted by molar-refractivity contribution is 0.257. The molecule has 1 aliphatic rings. The van der Waals surface area contributed by atoms with Gasteiger partial charge in [0.25, 0.3) is 0 Å². The fourth-order valence-electron chi connectivity index (χ4n) is 3.38. The van der Waals surface area contributed by atoms with E-state index in [1.165, 1.54) is 0 Å². The van der Waals surface area contributed by atoms with Crippen molar-refractivity contribution in [2.75, 3.05) is 13.2 Å². The minimum atomic E-state index is -3.72. The lowest BCUT2D eigenvalue weighted by Crippen LogP contribution is -2.22. The van der Waals surface area contributed by atoms with Crippen LogP contribution in [0.2, 0.25) is 0 Å². The van der Waals surface area contributed by atoms with E-state index >= 15 is 0 Å². The SMILES string of the molecule is CC(C)(C)c1ccccc1S(=O)(=O)c1cccc(OCC2CO2)c1C(C)(C)C. The molecule has 152 valence electrons. The molecule has 1 heterocycles. The molecule has 0 bridgehead atoms.